The van der Waals surface area contributed by atoms with E-state index in [1.807, 2.05) is 13.0 Å². The zero-order valence-corrected chi connectivity index (χ0v) is 9.07. The molecule has 0 saturated carbocycles. The Morgan fingerprint density at radius 2 is 2.20 bits per heavy atom. The summed E-state index contributed by atoms with van der Waals surface area (Å²) in [6, 6.07) is 5.29. The minimum Gasteiger partial charge on any atom is -0.389 e. The summed E-state index contributed by atoms with van der Waals surface area (Å²) >= 11 is 4.84. The molecule has 0 aliphatic rings. The molecule has 0 bridgehead atoms. The molecule has 0 saturated heterocycles. The lowest BCUT2D eigenvalue weighted by Gasteiger charge is -2.11. The third-order valence-corrected chi connectivity index (χ3v) is 2.11. The van der Waals surface area contributed by atoms with Crippen LogP contribution in [-0.2, 0) is 0 Å². The van der Waals surface area contributed by atoms with Crippen LogP contribution in [0, 0.1) is 6.92 Å². The van der Waals surface area contributed by atoms with Crippen molar-refractivity contribution in [1.29, 1.82) is 0 Å². The second-order valence-electron chi connectivity index (χ2n) is 3.19. The van der Waals surface area contributed by atoms with E-state index in [1.165, 1.54) is 0 Å². The van der Waals surface area contributed by atoms with Crippen LogP contribution in [-0.4, -0.2) is 18.0 Å². The summed E-state index contributed by atoms with van der Waals surface area (Å²) in [5, 5.41) is 2.60. The number of aryl methyl sites for hydroxylation is 1. The van der Waals surface area contributed by atoms with Gasteiger partial charge in [-0.2, -0.15) is 0 Å². The van der Waals surface area contributed by atoms with Gasteiger partial charge in [0.15, 0.2) is 0 Å². The largest absolute Gasteiger partial charge is 0.389 e. The second kappa shape index (κ2) is 5.02. The first kappa shape index (κ1) is 11.8. The molecule has 0 aromatic heterocycles. The van der Waals surface area contributed by atoms with Crippen LogP contribution in [0.5, 0.6) is 0 Å². The van der Waals surface area contributed by atoms with Gasteiger partial charge in [-0.1, -0.05) is 23.8 Å². The quantitative estimate of drug-likeness (QED) is 0.779. The molecule has 0 radical (unpaired) electrons. The van der Waals surface area contributed by atoms with Crippen molar-refractivity contribution in [3.63, 3.8) is 0 Å². The van der Waals surface area contributed by atoms with Crippen molar-refractivity contribution in [3.05, 3.63) is 29.3 Å². The third kappa shape index (κ3) is 3.43. The van der Waals surface area contributed by atoms with Crippen LogP contribution >= 0.6 is 12.2 Å². The van der Waals surface area contributed by atoms with E-state index in [-0.39, 0.29) is 4.99 Å². The molecule has 3 N–H and O–H groups in total. The summed E-state index contributed by atoms with van der Waals surface area (Å²) in [5.41, 5.74) is 7.63. The second-order valence-corrected chi connectivity index (χ2v) is 3.63. The van der Waals surface area contributed by atoms with Crippen molar-refractivity contribution in [2.75, 3.05) is 11.9 Å². The van der Waals surface area contributed by atoms with Gasteiger partial charge >= 0.3 is 0 Å². The molecule has 1 aromatic carbocycles. The maximum absolute atomic E-state index is 12.0. The average Bonchev–Trinajstić information content (AvgIpc) is 2.15. The monoisotopic (exact) mass is 230 g/mol. The number of alkyl halides is 2. The van der Waals surface area contributed by atoms with Gasteiger partial charge in [-0.25, -0.2) is 8.78 Å². The first-order valence-corrected chi connectivity index (χ1v) is 4.84. The molecule has 0 heterocycles. The third-order valence-electron chi connectivity index (χ3n) is 1.89. The predicted molar refractivity (Wildman–Crippen MR) is 61.6 cm³/mol. The topological polar surface area (TPSA) is 38.0 Å². The molecule has 0 aliphatic carbocycles. The highest BCUT2D eigenvalue weighted by Crippen LogP contribution is 2.17. The number of hydrogen-bond acceptors (Lipinski definition) is 2. The Hall–Kier alpha value is -1.23. The normalized spacial score (nSPS) is 10.4. The van der Waals surface area contributed by atoms with E-state index < -0.39 is 13.0 Å². The van der Waals surface area contributed by atoms with Crippen LogP contribution < -0.4 is 11.1 Å². The SMILES string of the molecule is Cc1ccc(NCC(F)F)c(C(N)=S)c1. The van der Waals surface area contributed by atoms with E-state index in [9.17, 15) is 8.78 Å². The fourth-order valence-corrected chi connectivity index (χ4v) is 1.37. The van der Waals surface area contributed by atoms with E-state index in [0.29, 0.717) is 11.3 Å². The van der Waals surface area contributed by atoms with Crippen LogP contribution in [0.4, 0.5) is 14.5 Å². The Labute approximate surface area is 92.5 Å². The molecule has 15 heavy (non-hydrogen) atoms. The minimum atomic E-state index is -2.40. The molecule has 2 nitrogen and oxygen atoms in total. The fraction of sp³-hybridized carbons (Fsp3) is 0.300. The Balaban J connectivity index is 2.91. The van der Waals surface area contributed by atoms with Crippen molar-refractivity contribution in [2.45, 2.75) is 13.3 Å². The number of hydrogen-bond donors (Lipinski definition) is 2. The first-order chi connectivity index (χ1) is 7.00. The van der Waals surface area contributed by atoms with Crippen molar-refractivity contribution in [1.82, 2.24) is 0 Å². The number of halogens is 2. The van der Waals surface area contributed by atoms with Gasteiger partial charge in [-0.3, -0.25) is 0 Å². The van der Waals surface area contributed by atoms with Crippen LogP contribution in [0.1, 0.15) is 11.1 Å². The zero-order valence-electron chi connectivity index (χ0n) is 8.26. The van der Waals surface area contributed by atoms with E-state index in [4.69, 9.17) is 18.0 Å². The summed E-state index contributed by atoms with van der Waals surface area (Å²) in [6.45, 7) is 1.48. The maximum atomic E-state index is 12.0. The lowest BCUT2D eigenvalue weighted by Crippen LogP contribution is -2.16. The van der Waals surface area contributed by atoms with Gasteiger partial charge in [0.1, 0.15) is 4.99 Å². The molecule has 5 heteroatoms. The highest BCUT2D eigenvalue weighted by atomic mass is 32.1. The summed E-state index contributed by atoms with van der Waals surface area (Å²) < 4.78 is 24.0. The Kier molecular flexibility index (Phi) is 3.96. The van der Waals surface area contributed by atoms with Crippen molar-refractivity contribution >= 4 is 22.9 Å². The molecule has 82 valence electrons. The lowest BCUT2D eigenvalue weighted by molar-refractivity contribution is 0.163. The van der Waals surface area contributed by atoms with Crippen LogP contribution in [0.2, 0.25) is 0 Å². The summed E-state index contributed by atoms with van der Waals surface area (Å²) in [7, 11) is 0. The van der Waals surface area contributed by atoms with Crippen LogP contribution in [0.15, 0.2) is 18.2 Å². The molecule has 1 rings (SSSR count). The highest BCUT2D eigenvalue weighted by molar-refractivity contribution is 7.80. The predicted octanol–water partition coefficient (Wildman–Crippen LogP) is 2.31. The molecule has 0 amide bonds. The zero-order chi connectivity index (χ0) is 11.4. The molecular weight excluding hydrogens is 218 g/mol. The molecule has 0 atom stereocenters. The number of nitrogens with one attached hydrogen (secondary N) is 1. The van der Waals surface area contributed by atoms with Gasteiger partial charge in [-0.05, 0) is 19.1 Å². The minimum absolute atomic E-state index is 0.204. The summed E-state index contributed by atoms with van der Waals surface area (Å²) in [6.07, 6.45) is -2.40. The molecule has 0 fully saturated rings. The molecule has 0 unspecified atom stereocenters. The van der Waals surface area contributed by atoms with Crippen LogP contribution in [0.25, 0.3) is 0 Å². The van der Waals surface area contributed by atoms with E-state index >= 15 is 0 Å². The van der Waals surface area contributed by atoms with Gasteiger partial charge < -0.3 is 11.1 Å². The van der Waals surface area contributed by atoms with Crippen molar-refractivity contribution < 1.29 is 8.78 Å². The smallest absolute Gasteiger partial charge is 0.255 e. The van der Waals surface area contributed by atoms with Gasteiger partial charge in [-0.15, -0.1) is 0 Å². The van der Waals surface area contributed by atoms with E-state index in [1.54, 1.807) is 12.1 Å². The number of rotatable bonds is 4. The molecule has 0 aliphatic heterocycles. The summed E-state index contributed by atoms with van der Waals surface area (Å²) in [4.78, 5) is 0.204. The van der Waals surface area contributed by atoms with E-state index in [0.717, 1.165) is 5.56 Å². The van der Waals surface area contributed by atoms with E-state index in [2.05, 4.69) is 5.32 Å². The van der Waals surface area contributed by atoms with Gasteiger partial charge in [0.25, 0.3) is 6.43 Å². The number of thiocarbonyl (C=S) groups is 1. The van der Waals surface area contributed by atoms with Crippen molar-refractivity contribution in [3.8, 4) is 0 Å². The maximum Gasteiger partial charge on any atom is 0.255 e. The Bertz CT molecular complexity index is 366. The van der Waals surface area contributed by atoms with Gasteiger partial charge in [0.2, 0.25) is 0 Å². The van der Waals surface area contributed by atoms with Gasteiger partial charge in [0.05, 0.1) is 6.54 Å². The average molecular weight is 230 g/mol. The lowest BCUT2D eigenvalue weighted by atomic mass is 10.1. The molecule has 1 aromatic rings. The highest BCUT2D eigenvalue weighted by Gasteiger charge is 2.07. The Morgan fingerprint density at radius 3 is 2.73 bits per heavy atom. The summed E-state index contributed by atoms with van der Waals surface area (Å²) in [5.74, 6) is 0. The standard InChI is InChI=1S/C10H12F2N2S/c1-6-2-3-8(14-5-9(11)12)7(4-6)10(13)15/h2-4,9,14H,5H2,1H3,(H2,13,15). The molecular formula is C10H12F2N2S. The number of nitrogens with two attached hydrogens (primary N) is 1. The molecule has 0 spiro atoms. The number of benzene rings is 1. The number of anilines is 1. The Morgan fingerprint density at radius 1 is 1.53 bits per heavy atom. The van der Waals surface area contributed by atoms with Crippen LogP contribution in [0.3, 0.4) is 0 Å². The fourth-order valence-electron chi connectivity index (χ4n) is 1.20. The first-order valence-electron chi connectivity index (χ1n) is 4.43. The van der Waals surface area contributed by atoms with Gasteiger partial charge in [0, 0.05) is 11.3 Å². The van der Waals surface area contributed by atoms with Crippen molar-refractivity contribution in [2.24, 2.45) is 5.73 Å².